The minimum atomic E-state index is -0.0145. The lowest BCUT2D eigenvalue weighted by Gasteiger charge is -2.31. The molecule has 56 valence electrons. The van der Waals surface area contributed by atoms with E-state index < -0.39 is 0 Å². The normalized spacial score (nSPS) is 41.0. The van der Waals surface area contributed by atoms with E-state index in [2.05, 4.69) is 15.3 Å². The van der Waals surface area contributed by atoms with E-state index in [1.54, 1.807) is 0 Å². The molecular weight excluding hydrogens is 152 g/mol. The maximum absolute atomic E-state index is 8.15. The fourth-order valence-electron chi connectivity index (χ4n) is 1.69. The summed E-state index contributed by atoms with van der Waals surface area (Å²) in [5.74, 6) is 0. The molecule has 3 rings (SSSR count). The number of hydrogen-bond donors (Lipinski definition) is 1. The Balaban J connectivity index is 0.000000500. The summed E-state index contributed by atoms with van der Waals surface area (Å²) in [6, 6.07) is 0.649. The summed E-state index contributed by atoms with van der Waals surface area (Å²) in [6.45, 7) is 0.891. The van der Waals surface area contributed by atoms with Gasteiger partial charge in [-0.05, 0) is 18.4 Å². The lowest BCUT2D eigenvalue weighted by molar-refractivity contribution is 0.307. The lowest BCUT2D eigenvalue weighted by Crippen LogP contribution is -2.37. The highest BCUT2D eigenvalue weighted by Gasteiger charge is 2.49. The van der Waals surface area contributed by atoms with Gasteiger partial charge in [0.1, 0.15) is 0 Å². The van der Waals surface area contributed by atoms with Crippen LogP contribution >= 0.6 is 12.4 Å². The molecule has 5 heteroatoms. The molecule has 4 nitrogen and oxygen atoms in total. The molecule has 0 unspecified atom stereocenters. The molecule has 0 spiro atoms. The molecule has 2 heterocycles. The number of halogens is 1. The predicted molar refractivity (Wildman–Crippen MR) is 40.1 cm³/mol. The minimum Gasteiger partial charge on any atom is -0.313 e. The van der Waals surface area contributed by atoms with Crippen molar-refractivity contribution >= 4 is 12.4 Å². The number of hydrogen-bond acceptors (Lipinski definition) is 2. The van der Waals surface area contributed by atoms with Crippen LogP contribution in [0, 0.1) is 0 Å². The molecule has 2 bridgehead atoms. The van der Waals surface area contributed by atoms with Crippen LogP contribution in [0.3, 0.4) is 0 Å². The van der Waals surface area contributed by atoms with Crippen molar-refractivity contribution in [2.24, 2.45) is 5.11 Å². The van der Waals surface area contributed by atoms with Crippen molar-refractivity contribution in [3.63, 3.8) is 0 Å². The molecule has 3 fully saturated rings. The largest absolute Gasteiger partial charge is 0.313 e. The molecule has 2 saturated heterocycles. The maximum atomic E-state index is 8.15. The van der Waals surface area contributed by atoms with Gasteiger partial charge < -0.3 is 5.32 Å². The van der Waals surface area contributed by atoms with E-state index in [1.165, 1.54) is 0 Å². The van der Waals surface area contributed by atoms with Crippen molar-refractivity contribution in [3.05, 3.63) is 10.4 Å². The summed E-state index contributed by atoms with van der Waals surface area (Å²) in [5, 5.41) is 6.99. The van der Waals surface area contributed by atoms with Crippen molar-refractivity contribution in [2.75, 3.05) is 6.54 Å². The third-order valence-electron chi connectivity index (χ3n) is 2.23. The molecule has 10 heavy (non-hydrogen) atoms. The van der Waals surface area contributed by atoms with Crippen molar-refractivity contribution < 1.29 is 0 Å². The Hall–Kier alpha value is -0.440. The van der Waals surface area contributed by atoms with Gasteiger partial charge in [0, 0.05) is 17.5 Å². The van der Waals surface area contributed by atoms with Gasteiger partial charge in [-0.15, -0.1) is 12.4 Å². The summed E-state index contributed by atoms with van der Waals surface area (Å²) in [6.07, 6.45) is 2.11. The second-order valence-electron chi connectivity index (χ2n) is 2.90. The molecule has 0 aromatic heterocycles. The van der Waals surface area contributed by atoms with Crippen LogP contribution < -0.4 is 5.32 Å². The Morgan fingerprint density at radius 1 is 1.60 bits per heavy atom. The Morgan fingerprint density at radius 3 is 2.70 bits per heavy atom. The van der Waals surface area contributed by atoms with Gasteiger partial charge in [-0.2, -0.15) is 0 Å². The quantitative estimate of drug-likeness (QED) is 0.350. The monoisotopic (exact) mass is 160 g/mol. The average Bonchev–Trinajstić information content (AvgIpc) is 2.22. The summed E-state index contributed by atoms with van der Waals surface area (Å²) in [5.41, 5.74) is 8.13. The smallest absolute Gasteiger partial charge is 0.0642 e. The molecule has 1 aliphatic carbocycles. The first-order valence-electron chi connectivity index (χ1n) is 3.14. The van der Waals surface area contributed by atoms with Gasteiger partial charge in [-0.25, -0.2) is 0 Å². The Kier molecular flexibility index (Phi) is 1.77. The Bertz CT molecular complexity index is 175. The average molecular weight is 161 g/mol. The molecule has 0 radical (unpaired) electrons. The third kappa shape index (κ3) is 0.850. The van der Waals surface area contributed by atoms with Crippen molar-refractivity contribution in [2.45, 2.75) is 24.4 Å². The van der Waals surface area contributed by atoms with Crippen LogP contribution in [0.15, 0.2) is 5.11 Å². The zero-order valence-corrected chi connectivity index (χ0v) is 6.27. The first-order valence-corrected chi connectivity index (χ1v) is 3.14. The van der Waals surface area contributed by atoms with E-state index in [1.807, 2.05) is 0 Å². The predicted octanol–water partition coefficient (Wildman–Crippen LogP) is 1.22. The second-order valence-corrected chi connectivity index (χ2v) is 2.90. The number of fused-ring (bicyclic) bond motifs is 1. The summed E-state index contributed by atoms with van der Waals surface area (Å²) < 4.78 is 0. The first-order chi connectivity index (χ1) is 4.35. The fraction of sp³-hybridized carbons (Fsp3) is 1.00. The van der Waals surface area contributed by atoms with Crippen LogP contribution in [0.1, 0.15) is 12.8 Å². The van der Waals surface area contributed by atoms with E-state index in [0.717, 1.165) is 19.4 Å². The molecule has 1 saturated carbocycles. The second kappa shape index (κ2) is 2.31. The van der Waals surface area contributed by atoms with Gasteiger partial charge in [0.05, 0.1) is 5.54 Å². The number of azide groups is 1. The van der Waals surface area contributed by atoms with Crippen molar-refractivity contribution in [1.82, 2.24) is 5.32 Å². The topological polar surface area (TPSA) is 60.8 Å². The zero-order valence-electron chi connectivity index (χ0n) is 5.45. The van der Waals surface area contributed by atoms with E-state index in [-0.39, 0.29) is 17.9 Å². The highest BCUT2D eigenvalue weighted by molar-refractivity contribution is 5.85. The molecule has 0 atom stereocenters. The Labute approximate surface area is 65.0 Å². The van der Waals surface area contributed by atoms with E-state index >= 15 is 0 Å². The standard InChI is InChI=1S/C5H8N4.ClH/c6-9-8-5-1-4(2-5)7-3-5;/h4,7H,1-3H2;1H. The number of nitrogens with one attached hydrogen (secondary N) is 1. The summed E-state index contributed by atoms with van der Waals surface area (Å²) in [4.78, 5) is 2.81. The highest BCUT2D eigenvalue weighted by Crippen LogP contribution is 2.41. The summed E-state index contributed by atoms with van der Waals surface area (Å²) >= 11 is 0. The van der Waals surface area contributed by atoms with Gasteiger partial charge in [-0.1, -0.05) is 5.11 Å². The lowest BCUT2D eigenvalue weighted by atomic mass is 9.79. The molecule has 0 amide bonds. The number of nitrogens with zero attached hydrogens (tertiary/aromatic N) is 3. The Morgan fingerprint density at radius 2 is 2.30 bits per heavy atom. The van der Waals surface area contributed by atoms with E-state index in [0.29, 0.717) is 6.04 Å². The van der Waals surface area contributed by atoms with Crippen LogP contribution in [0.5, 0.6) is 0 Å². The van der Waals surface area contributed by atoms with Gasteiger partial charge in [0.15, 0.2) is 0 Å². The molecule has 2 aliphatic heterocycles. The van der Waals surface area contributed by atoms with E-state index in [9.17, 15) is 0 Å². The zero-order chi connectivity index (χ0) is 6.32. The molecule has 0 aromatic rings. The molecule has 1 N–H and O–H groups in total. The van der Waals surface area contributed by atoms with Crippen LogP contribution in [0.4, 0.5) is 0 Å². The molecular formula is C5H9ClN4. The first kappa shape index (κ1) is 7.66. The fourth-order valence-corrected chi connectivity index (χ4v) is 1.69. The van der Waals surface area contributed by atoms with Crippen LogP contribution in [-0.2, 0) is 0 Å². The van der Waals surface area contributed by atoms with Crippen molar-refractivity contribution in [3.8, 4) is 0 Å². The van der Waals surface area contributed by atoms with Gasteiger partial charge in [0.25, 0.3) is 0 Å². The minimum absolute atomic E-state index is 0. The van der Waals surface area contributed by atoms with Crippen LogP contribution in [-0.4, -0.2) is 18.1 Å². The van der Waals surface area contributed by atoms with E-state index in [4.69, 9.17) is 5.53 Å². The molecule has 0 aromatic carbocycles. The molecule has 3 aliphatic rings. The van der Waals surface area contributed by atoms with Crippen LogP contribution in [0.25, 0.3) is 10.4 Å². The van der Waals surface area contributed by atoms with Crippen molar-refractivity contribution in [1.29, 1.82) is 0 Å². The number of rotatable bonds is 1. The van der Waals surface area contributed by atoms with Gasteiger partial charge >= 0.3 is 0 Å². The van der Waals surface area contributed by atoms with Gasteiger partial charge in [-0.3, -0.25) is 0 Å². The third-order valence-corrected chi connectivity index (χ3v) is 2.23. The van der Waals surface area contributed by atoms with Gasteiger partial charge in [0.2, 0.25) is 0 Å². The highest BCUT2D eigenvalue weighted by atomic mass is 35.5. The summed E-state index contributed by atoms with van der Waals surface area (Å²) in [7, 11) is 0. The maximum Gasteiger partial charge on any atom is 0.0642 e. The SMILES string of the molecule is Cl.[N-]=[N+]=NC12CNC(C1)C2. The van der Waals surface area contributed by atoms with Crippen LogP contribution in [0.2, 0.25) is 0 Å².